The van der Waals surface area contributed by atoms with Crippen LogP contribution in [0, 0.1) is 23.8 Å². The molecule has 0 saturated carbocycles. The monoisotopic (exact) mass is 119 g/mol. The van der Waals surface area contributed by atoms with Gasteiger partial charge in [-0.15, -0.1) is 5.92 Å². The second kappa shape index (κ2) is 3.35. The average molecular weight is 119 g/mol. The number of rotatable bonds is 0. The van der Waals surface area contributed by atoms with Gasteiger partial charge in [0.05, 0.1) is 0 Å². The van der Waals surface area contributed by atoms with Gasteiger partial charge in [0.1, 0.15) is 0 Å². The Balaban J connectivity index is 2.46. The maximum Gasteiger partial charge on any atom is 0.0388 e. The van der Waals surface area contributed by atoms with Crippen molar-refractivity contribution in [3.05, 3.63) is 12.2 Å². The SMILES string of the molecule is CC#CC1C=[C]CCC1. The van der Waals surface area contributed by atoms with Crippen LogP contribution in [0.3, 0.4) is 0 Å². The van der Waals surface area contributed by atoms with Gasteiger partial charge in [-0.3, -0.25) is 0 Å². The third-order valence-corrected chi connectivity index (χ3v) is 1.49. The van der Waals surface area contributed by atoms with Crippen LogP contribution in [0.15, 0.2) is 6.08 Å². The lowest BCUT2D eigenvalue weighted by Gasteiger charge is -2.07. The van der Waals surface area contributed by atoms with Crippen LogP contribution in [0.4, 0.5) is 0 Å². The molecule has 1 radical (unpaired) electrons. The van der Waals surface area contributed by atoms with E-state index in [0.29, 0.717) is 5.92 Å². The molecule has 1 unspecified atom stereocenters. The van der Waals surface area contributed by atoms with Gasteiger partial charge in [0.15, 0.2) is 0 Å². The molecule has 0 amide bonds. The lowest BCUT2D eigenvalue weighted by atomic mass is 9.97. The van der Waals surface area contributed by atoms with E-state index in [1.807, 2.05) is 6.92 Å². The van der Waals surface area contributed by atoms with Crippen molar-refractivity contribution in [1.29, 1.82) is 0 Å². The van der Waals surface area contributed by atoms with Crippen LogP contribution < -0.4 is 0 Å². The Bertz CT molecular complexity index is 155. The molecule has 0 aliphatic heterocycles. The van der Waals surface area contributed by atoms with Crippen molar-refractivity contribution in [3.63, 3.8) is 0 Å². The average Bonchev–Trinajstić information content (AvgIpc) is 1.91. The number of hydrogen-bond acceptors (Lipinski definition) is 0. The second-order valence-electron chi connectivity index (χ2n) is 2.26. The molecular formula is C9H11. The summed E-state index contributed by atoms with van der Waals surface area (Å²) in [5.41, 5.74) is 0. The molecule has 1 aliphatic carbocycles. The smallest absolute Gasteiger partial charge is 0.0388 e. The molecule has 1 atom stereocenters. The first-order chi connectivity index (χ1) is 4.43. The van der Waals surface area contributed by atoms with Crippen molar-refractivity contribution in [2.45, 2.75) is 26.2 Å². The van der Waals surface area contributed by atoms with Crippen molar-refractivity contribution < 1.29 is 0 Å². The molecule has 0 aromatic carbocycles. The molecule has 0 fully saturated rings. The van der Waals surface area contributed by atoms with E-state index in [0.717, 1.165) is 6.42 Å². The van der Waals surface area contributed by atoms with Crippen molar-refractivity contribution in [3.8, 4) is 11.8 Å². The highest BCUT2D eigenvalue weighted by Gasteiger charge is 2.02. The summed E-state index contributed by atoms with van der Waals surface area (Å²) in [6, 6.07) is 0. The fourth-order valence-electron chi connectivity index (χ4n) is 1.03. The van der Waals surface area contributed by atoms with E-state index in [1.54, 1.807) is 0 Å². The topological polar surface area (TPSA) is 0 Å². The third-order valence-electron chi connectivity index (χ3n) is 1.49. The number of allylic oxidation sites excluding steroid dienone is 2. The Morgan fingerprint density at radius 2 is 2.56 bits per heavy atom. The van der Waals surface area contributed by atoms with E-state index in [-0.39, 0.29) is 0 Å². The molecule has 0 heteroatoms. The van der Waals surface area contributed by atoms with Gasteiger partial charge in [-0.25, -0.2) is 0 Å². The summed E-state index contributed by atoms with van der Waals surface area (Å²) in [7, 11) is 0. The molecule has 1 rings (SSSR count). The van der Waals surface area contributed by atoms with Crippen LogP contribution >= 0.6 is 0 Å². The molecule has 0 bridgehead atoms. The van der Waals surface area contributed by atoms with E-state index >= 15 is 0 Å². The van der Waals surface area contributed by atoms with E-state index in [1.165, 1.54) is 12.8 Å². The first-order valence-corrected chi connectivity index (χ1v) is 3.42. The molecule has 47 valence electrons. The van der Waals surface area contributed by atoms with Crippen molar-refractivity contribution in [2.75, 3.05) is 0 Å². The van der Waals surface area contributed by atoms with E-state index in [2.05, 4.69) is 24.0 Å². The summed E-state index contributed by atoms with van der Waals surface area (Å²) in [4.78, 5) is 0. The number of hydrogen-bond donors (Lipinski definition) is 0. The first-order valence-electron chi connectivity index (χ1n) is 3.42. The Morgan fingerprint density at radius 3 is 3.11 bits per heavy atom. The summed E-state index contributed by atoms with van der Waals surface area (Å²) in [6.07, 6.45) is 8.91. The van der Waals surface area contributed by atoms with Crippen molar-refractivity contribution in [2.24, 2.45) is 5.92 Å². The van der Waals surface area contributed by atoms with Gasteiger partial charge in [-0.05, 0) is 32.3 Å². The van der Waals surface area contributed by atoms with Gasteiger partial charge in [0, 0.05) is 5.92 Å². The second-order valence-corrected chi connectivity index (χ2v) is 2.26. The minimum atomic E-state index is 0.503. The van der Waals surface area contributed by atoms with Gasteiger partial charge in [0.2, 0.25) is 0 Å². The zero-order valence-corrected chi connectivity index (χ0v) is 5.78. The Kier molecular flexibility index (Phi) is 2.39. The van der Waals surface area contributed by atoms with E-state index < -0.39 is 0 Å². The Labute approximate surface area is 57.0 Å². The molecular weight excluding hydrogens is 108 g/mol. The standard InChI is InChI=1S/C9H11/c1-2-6-9-7-4-3-5-8-9/h8-9H,3-4,7H2,1H3. The fraction of sp³-hybridized carbons (Fsp3) is 0.556. The summed E-state index contributed by atoms with van der Waals surface area (Å²) in [5, 5.41) is 0. The molecule has 0 nitrogen and oxygen atoms in total. The Hall–Kier alpha value is -0.700. The summed E-state index contributed by atoms with van der Waals surface area (Å²) >= 11 is 0. The van der Waals surface area contributed by atoms with Gasteiger partial charge >= 0.3 is 0 Å². The largest absolute Gasteiger partial charge is 0.106 e. The molecule has 9 heavy (non-hydrogen) atoms. The summed E-state index contributed by atoms with van der Waals surface area (Å²) in [6.45, 7) is 1.89. The van der Waals surface area contributed by atoms with Crippen LogP contribution in [0.25, 0.3) is 0 Å². The van der Waals surface area contributed by atoms with Crippen molar-refractivity contribution in [1.82, 2.24) is 0 Å². The molecule has 1 aliphatic rings. The zero-order chi connectivity index (χ0) is 6.53. The minimum Gasteiger partial charge on any atom is -0.106 e. The Morgan fingerprint density at radius 1 is 1.67 bits per heavy atom. The van der Waals surface area contributed by atoms with Crippen LogP contribution in [0.2, 0.25) is 0 Å². The maximum atomic E-state index is 3.19. The predicted molar refractivity (Wildman–Crippen MR) is 38.6 cm³/mol. The van der Waals surface area contributed by atoms with Crippen LogP contribution in [0.1, 0.15) is 26.2 Å². The quantitative estimate of drug-likeness (QED) is 0.429. The molecule has 0 heterocycles. The molecule has 0 N–H and O–H groups in total. The van der Waals surface area contributed by atoms with Gasteiger partial charge in [-0.2, -0.15) is 0 Å². The fourth-order valence-corrected chi connectivity index (χ4v) is 1.03. The van der Waals surface area contributed by atoms with Gasteiger partial charge < -0.3 is 0 Å². The molecule has 0 aromatic rings. The lowest BCUT2D eigenvalue weighted by Crippen LogP contribution is -1.96. The van der Waals surface area contributed by atoms with Gasteiger partial charge in [-0.1, -0.05) is 12.0 Å². The summed E-state index contributed by atoms with van der Waals surface area (Å²) in [5.74, 6) is 6.54. The third kappa shape index (κ3) is 1.93. The van der Waals surface area contributed by atoms with E-state index in [9.17, 15) is 0 Å². The highest BCUT2D eigenvalue weighted by atomic mass is 14.1. The first kappa shape index (κ1) is 6.42. The molecule has 0 spiro atoms. The van der Waals surface area contributed by atoms with Crippen LogP contribution in [-0.4, -0.2) is 0 Å². The lowest BCUT2D eigenvalue weighted by molar-refractivity contribution is 0.636. The summed E-state index contributed by atoms with van der Waals surface area (Å²) < 4.78 is 0. The van der Waals surface area contributed by atoms with Crippen LogP contribution in [0.5, 0.6) is 0 Å². The van der Waals surface area contributed by atoms with Gasteiger partial charge in [0.25, 0.3) is 0 Å². The minimum absolute atomic E-state index is 0.503. The van der Waals surface area contributed by atoms with Crippen molar-refractivity contribution >= 4 is 0 Å². The van der Waals surface area contributed by atoms with E-state index in [4.69, 9.17) is 0 Å². The molecule has 0 aromatic heterocycles. The maximum absolute atomic E-state index is 3.19. The highest BCUT2D eigenvalue weighted by molar-refractivity contribution is 5.09. The highest BCUT2D eigenvalue weighted by Crippen LogP contribution is 2.14. The molecule has 0 saturated heterocycles. The van der Waals surface area contributed by atoms with Crippen LogP contribution in [-0.2, 0) is 0 Å². The zero-order valence-electron chi connectivity index (χ0n) is 5.78. The predicted octanol–water partition coefficient (Wildman–Crippen LogP) is 2.17. The normalized spacial score (nSPS) is 24.8.